The highest BCUT2D eigenvalue weighted by atomic mass is 79.9. The summed E-state index contributed by atoms with van der Waals surface area (Å²) >= 11 is 5.13. The standard InChI is InChI=1S/C13H19BrN2OS/c1-9-6-11(4-5-15-9)16-13(17)3-2-12-7-10(14)8-18-12/h7-9,11,15H,2-6H2,1H3,(H,16,17). The maximum absolute atomic E-state index is 11.9. The number of hydrogen-bond donors (Lipinski definition) is 2. The van der Waals surface area contributed by atoms with Crippen molar-refractivity contribution in [2.24, 2.45) is 0 Å². The fourth-order valence-corrected chi connectivity index (χ4v) is 3.74. The maximum Gasteiger partial charge on any atom is 0.220 e. The molecule has 2 heterocycles. The third-order valence-electron chi connectivity index (χ3n) is 3.21. The molecule has 0 radical (unpaired) electrons. The van der Waals surface area contributed by atoms with E-state index in [9.17, 15) is 4.79 Å². The zero-order valence-electron chi connectivity index (χ0n) is 10.5. The Bertz CT molecular complexity index is 407. The lowest BCUT2D eigenvalue weighted by molar-refractivity contribution is -0.121. The Morgan fingerprint density at radius 2 is 2.50 bits per heavy atom. The Morgan fingerprint density at radius 1 is 1.67 bits per heavy atom. The number of carbonyl (C=O) groups is 1. The summed E-state index contributed by atoms with van der Waals surface area (Å²) in [5.41, 5.74) is 0. The number of hydrogen-bond acceptors (Lipinski definition) is 3. The number of amides is 1. The molecule has 2 atom stereocenters. The van der Waals surface area contributed by atoms with Crippen molar-refractivity contribution in [2.75, 3.05) is 6.54 Å². The van der Waals surface area contributed by atoms with Crippen LogP contribution in [0.4, 0.5) is 0 Å². The topological polar surface area (TPSA) is 41.1 Å². The van der Waals surface area contributed by atoms with Crippen LogP contribution in [-0.2, 0) is 11.2 Å². The van der Waals surface area contributed by atoms with Gasteiger partial charge in [-0.1, -0.05) is 0 Å². The molecule has 1 aliphatic rings. The van der Waals surface area contributed by atoms with Crippen LogP contribution >= 0.6 is 27.3 Å². The molecular formula is C13H19BrN2OS. The van der Waals surface area contributed by atoms with E-state index in [1.807, 2.05) is 0 Å². The van der Waals surface area contributed by atoms with Gasteiger partial charge in [-0.3, -0.25) is 4.79 Å². The minimum Gasteiger partial charge on any atom is -0.353 e. The van der Waals surface area contributed by atoms with Gasteiger partial charge in [-0.05, 0) is 54.7 Å². The molecule has 1 amide bonds. The second-order valence-electron chi connectivity index (χ2n) is 4.88. The lowest BCUT2D eigenvalue weighted by Gasteiger charge is -2.28. The molecule has 2 N–H and O–H groups in total. The highest BCUT2D eigenvalue weighted by molar-refractivity contribution is 9.10. The van der Waals surface area contributed by atoms with E-state index in [0.29, 0.717) is 18.5 Å². The summed E-state index contributed by atoms with van der Waals surface area (Å²) < 4.78 is 1.11. The summed E-state index contributed by atoms with van der Waals surface area (Å²) in [5.74, 6) is 0.179. The Balaban J connectivity index is 1.71. The normalized spacial score (nSPS) is 23.9. The average Bonchev–Trinajstić information content (AvgIpc) is 2.73. The van der Waals surface area contributed by atoms with Crippen molar-refractivity contribution in [3.8, 4) is 0 Å². The number of piperidine rings is 1. The molecule has 100 valence electrons. The van der Waals surface area contributed by atoms with Gasteiger partial charge in [0.25, 0.3) is 0 Å². The van der Waals surface area contributed by atoms with E-state index in [1.54, 1.807) is 11.3 Å². The van der Waals surface area contributed by atoms with Crippen LogP contribution in [0.5, 0.6) is 0 Å². The smallest absolute Gasteiger partial charge is 0.220 e. The summed E-state index contributed by atoms with van der Waals surface area (Å²) in [7, 11) is 0. The number of nitrogens with one attached hydrogen (secondary N) is 2. The van der Waals surface area contributed by atoms with Crippen molar-refractivity contribution in [1.29, 1.82) is 0 Å². The van der Waals surface area contributed by atoms with Crippen molar-refractivity contribution >= 4 is 33.2 Å². The second kappa shape index (κ2) is 6.68. The molecule has 0 spiro atoms. The van der Waals surface area contributed by atoms with E-state index in [2.05, 4.69) is 44.9 Å². The first kappa shape index (κ1) is 14.0. The summed E-state index contributed by atoms with van der Waals surface area (Å²) in [6, 6.07) is 2.95. The third-order valence-corrected chi connectivity index (χ3v) is 4.97. The van der Waals surface area contributed by atoms with Gasteiger partial charge in [-0.15, -0.1) is 11.3 Å². The van der Waals surface area contributed by atoms with E-state index in [4.69, 9.17) is 0 Å². The van der Waals surface area contributed by atoms with Gasteiger partial charge in [0.2, 0.25) is 5.91 Å². The van der Waals surface area contributed by atoms with Crippen LogP contribution < -0.4 is 10.6 Å². The summed E-state index contributed by atoms with van der Waals surface area (Å²) in [6.07, 6.45) is 3.50. The molecule has 1 saturated heterocycles. The molecule has 0 saturated carbocycles. The molecule has 1 fully saturated rings. The zero-order chi connectivity index (χ0) is 13.0. The van der Waals surface area contributed by atoms with Crippen LogP contribution in [0.3, 0.4) is 0 Å². The van der Waals surface area contributed by atoms with Gasteiger partial charge in [0, 0.05) is 33.2 Å². The van der Waals surface area contributed by atoms with Crippen LogP contribution in [0.25, 0.3) is 0 Å². The van der Waals surface area contributed by atoms with Crippen molar-refractivity contribution in [1.82, 2.24) is 10.6 Å². The summed E-state index contributed by atoms with van der Waals surface area (Å²) in [5, 5.41) is 8.59. The van der Waals surface area contributed by atoms with Gasteiger partial charge in [-0.2, -0.15) is 0 Å². The van der Waals surface area contributed by atoms with Crippen LogP contribution in [0.1, 0.15) is 31.1 Å². The van der Waals surface area contributed by atoms with Gasteiger partial charge in [0.05, 0.1) is 0 Å². The highest BCUT2D eigenvalue weighted by Crippen LogP contribution is 2.20. The molecule has 3 nitrogen and oxygen atoms in total. The zero-order valence-corrected chi connectivity index (χ0v) is 12.9. The SMILES string of the molecule is CC1CC(NC(=O)CCc2cc(Br)cs2)CCN1. The van der Waals surface area contributed by atoms with Gasteiger partial charge < -0.3 is 10.6 Å². The largest absolute Gasteiger partial charge is 0.353 e. The molecule has 1 aromatic rings. The molecule has 0 aromatic carbocycles. The van der Waals surface area contributed by atoms with E-state index in [-0.39, 0.29) is 5.91 Å². The molecule has 2 rings (SSSR count). The first-order valence-corrected chi connectivity index (χ1v) is 8.06. The lowest BCUT2D eigenvalue weighted by Crippen LogP contribution is -2.46. The minimum absolute atomic E-state index is 0.179. The van der Waals surface area contributed by atoms with Crippen LogP contribution in [0.2, 0.25) is 0 Å². The van der Waals surface area contributed by atoms with Gasteiger partial charge in [0.15, 0.2) is 0 Å². The number of carbonyl (C=O) groups excluding carboxylic acids is 1. The number of halogens is 1. The quantitative estimate of drug-likeness (QED) is 0.891. The highest BCUT2D eigenvalue weighted by Gasteiger charge is 2.19. The van der Waals surface area contributed by atoms with Gasteiger partial charge in [0.1, 0.15) is 0 Å². The Hall–Kier alpha value is -0.390. The monoisotopic (exact) mass is 330 g/mol. The second-order valence-corrected chi connectivity index (χ2v) is 6.79. The first-order valence-electron chi connectivity index (χ1n) is 6.39. The fourth-order valence-electron chi connectivity index (χ4n) is 2.28. The Labute approximate surface area is 120 Å². The summed E-state index contributed by atoms with van der Waals surface area (Å²) in [6.45, 7) is 3.17. The molecule has 1 aromatic heterocycles. The molecule has 2 unspecified atom stereocenters. The van der Waals surface area contributed by atoms with Crippen LogP contribution in [0, 0.1) is 0 Å². The van der Waals surface area contributed by atoms with Crippen LogP contribution in [-0.4, -0.2) is 24.5 Å². The van der Waals surface area contributed by atoms with E-state index in [1.165, 1.54) is 4.88 Å². The van der Waals surface area contributed by atoms with Crippen molar-refractivity contribution < 1.29 is 4.79 Å². The predicted octanol–water partition coefficient (Wildman–Crippen LogP) is 2.70. The number of aryl methyl sites for hydroxylation is 1. The fraction of sp³-hybridized carbons (Fsp3) is 0.615. The van der Waals surface area contributed by atoms with Gasteiger partial charge in [-0.25, -0.2) is 0 Å². The first-order chi connectivity index (χ1) is 8.63. The molecular weight excluding hydrogens is 312 g/mol. The van der Waals surface area contributed by atoms with Crippen molar-refractivity contribution in [3.05, 3.63) is 20.8 Å². The number of thiophene rings is 1. The number of rotatable bonds is 4. The van der Waals surface area contributed by atoms with E-state index < -0.39 is 0 Å². The van der Waals surface area contributed by atoms with Crippen molar-refractivity contribution in [3.63, 3.8) is 0 Å². The minimum atomic E-state index is 0.179. The van der Waals surface area contributed by atoms with E-state index in [0.717, 1.165) is 30.3 Å². The average molecular weight is 331 g/mol. The van der Waals surface area contributed by atoms with E-state index >= 15 is 0 Å². The molecule has 0 aliphatic carbocycles. The van der Waals surface area contributed by atoms with Crippen molar-refractivity contribution in [2.45, 2.75) is 44.7 Å². The van der Waals surface area contributed by atoms with Gasteiger partial charge >= 0.3 is 0 Å². The third kappa shape index (κ3) is 4.37. The molecule has 18 heavy (non-hydrogen) atoms. The maximum atomic E-state index is 11.9. The summed E-state index contributed by atoms with van der Waals surface area (Å²) in [4.78, 5) is 13.1. The molecule has 5 heteroatoms. The Morgan fingerprint density at radius 3 is 3.17 bits per heavy atom. The lowest BCUT2D eigenvalue weighted by atomic mass is 10.0. The van der Waals surface area contributed by atoms with Crippen LogP contribution in [0.15, 0.2) is 15.9 Å². The molecule has 0 bridgehead atoms. The molecule has 1 aliphatic heterocycles. The predicted molar refractivity (Wildman–Crippen MR) is 79.0 cm³/mol. The Kier molecular flexibility index (Phi) is 5.21.